The summed E-state index contributed by atoms with van der Waals surface area (Å²) in [5.41, 5.74) is 6.05. The number of pyridine rings is 1. The van der Waals surface area contributed by atoms with E-state index in [0.29, 0.717) is 16.5 Å². The summed E-state index contributed by atoms with van der Waals surface area (Å²) in [6, 6.07) is 17.5. The fourth-order valence-corrected chi connectivity index (χ4v) is 3.61. The molecule has 2 aromatic carbocycles. The second-order valence-corrected chi connectivity index (χ2v) is 7.79. The second kappa shape index (κ2) is 9.97. The zero-order valence-electron chi connectivity index (χ0n) is 17.1. The predicted molar refractivity (Wildman–Crippen MR) is 122 cm³/mol. The van der Waals surface area contributed by atoms with Crippen LogP contribution in [0, 0.1) is 12.7 Å². The molecular formula is C23H19FN6OS. The lowest BCUT2D eigenvalue weighted by atomic mass is 10.2. The number of nitrogens with one attached hydrogen (secondary N) is 1. The topological polar surface area (TPSA) is 85.1 Å². The van der Waals surface area contributed by atoms with Crippen LogP contribution in [0.25, 0.3) is 17.1 Å². The molecule has 0 unspecified atom stereocenters. The van der Waals surface area contributed by atoms with E-state index in [9.17, 15) is 9.18 Å². The van der Waals surface area contributed by atoms with Crippen LogP contribution in [-0.4, -0.2) is 37.6 Å². The normalized spacial score (nSPS) is 11.1. The van der Waals surface area contributed by atoms with Gasteiger partial charge in [-0.05, 0) is 48.9 Å². The van der Waals surface area contributed by atoms with Crippen molar-refractivity contribution in [2.45, 2.75) is 12.1 Å². The molecule has 0 saturated carbocycles. The standard InChI is InChI=1S/C23H19FN6OS/c1-16-2-8-20(9-3-16)30-22(18-10-12-25-13-11-18)28-29-23(30)32-15-21(31)27-26-14-17-4-6-19(24)7-5-17/h2-14H,15H2,1H3,(H,27,31)/b26-14-. The van der Waals surface area contributed by atoms with Crippen molar-refractivity contribution in [2.24, 2.45) is 5.10 Å². The number of hydrogen-bond acceptors (Lipinski definition) is 6. The number of hydrazone groups is 1. The maximum absolute atomic E-state index is 13.0. The van der Waals surface area contributed by atoms with Crippen LogP contribution in [0.2, 0.25) is 0 Å². The Labute approximate surface area is 188 Å². The molecule has 7 nitrogen and oxygen atoms in total. The van der Waals surface area contributed by atoms with Crippen molar-refractivity contribution in [1.29, 1.82) is 0 Å². The highest BCUT2D eigenvalue weighted by Crippen LogP contribution is 2.27. The molecule has 32 heavy (non-hydrogen) atoms. The summed E-state index contributed by atoms with van der Waals surface area (Å²) in [6.45, 7) is 2.02. The molecule has 1 amide bonds. The molecule has 9 heteroatoms. The van der Waals surface area contributed by atoms with Crippen molar-refractivity contribution in [3.63, 3.8) is 0 Å². The number of hydrogen-bond donors (Lipinski definition) is 1. The largest absolute Gasteiger partial charge is 0.272 e. The van der Waals surface area contributed by atoms with Gasteiger partial charge in [0.05, 0.1) is 12.0 Å². The minimum Gasteiger partial charge on any atom is -0.272 e. The third-order valence-electron chi connectivity index (χ3n) is 4.47. The van der Waals surface area contributed by atoms with Crippen LogP contribution in [0.15, 0.2) is 83.3 Å². The SMILES string of the molecule is Cc1ccc(-n2c(SCC(=O)N/N=C\c3ccc(F)cc3)nnc2-c2ccncc2)cc1. The summed E-state index contributed by atoms with van der Waals surface area (Å²) in [4.78, 5) is 16.3. The van der Waals surface area contributed by atoms with E-state index in [1.165, 1.54) is 30.1 Å². The smallest absolute Gasteiger partial charge is 0.250 e. The average Bonchev–Trinajstić information content (AvgIpc) is 3.24. The lowest BCUT2D eigenvalue weighted by Crippen LogP contribution is -2.20. The fourth-order valence-electron chi connectivity index (χ4n) is 2.87. The number of aryl methyl sites for hydroxylation is 1. The van der Waals surface area contributed by atoms with Gasteiger partial charge >= 0.3 is 0 Å². The molecule has 0 atom stereocenters. The first kappa shape index (κ1) is 21.4. The number of carbonyl (C=O) groups is 1. The Morgan fingerprint density at radius 3 is 2.50 bits per heavy atom. The Hall–Kier alpha value is -3.85. The summed E-state index contributed by atoms with van der Waals surface area (Å²) in [5, 5.41) is 13.1. The van der Waals surface area contributed by atoms with Gasteiger partial charge in [0.15, 0.2) is 11.0 Å². The minimum atomic E-state index is -0.327. The van der Waals surface area contributed by atoms with Crippen LogP contribution in [0.5, 0.6) is 0 Å². The quantitative estimate of drug-likeness (QED) is 0.263. The highest BCUT2D eigenvalue weighted by molar-refractivity contribution is 7.99. The second-order valence-electron chi connectivity index (χ2n) is 6.85. The van der Waals surface area contributed by atoms with E-state index in [-0.39, 0.29) is 17.5 Å². The summed E-state index contributed by atoms with van der Waals surface area (Å²) >= 11 is 1.26. The van der Waals surface area contributed by atoms with Crippen LogP contribution in [0.4, 0.5) is 4.39 Å². The number of rotatable bonds is 7. The lowest BCUT2D eigenvalue weighted by molar-refractivity contribution is -0.118. The Morgan fingerprint density at radius 1 is 1.06 bits per heavy atom. The summed E-state index contributed by atoms with van der Waals surface area (Å²) in [5.74, 6) is 0.137. The van der Waals surface area contributed by atoms with Gasteiger partial charge in [-0.25, -0.2) is 9.82 Å². The molecule has 160 valence electrons. The van der Waals surface area contributed by atoms with Gasteiger partial charge in [0.1, 0.15) is 5.82 Å². The third kappa shape index (κ3) is 5.25. The zero-order valence-corrected chi connectivity index (χ0v) is 18.0. The first-order chi connectivity index (χ1) is 15.6. The molecule has 0 fully saturated rings. The number of carbonyl (C=O) groups excluding carboxylic acids is 1. The number of benzene rings is 2. The number of nitrogens with zero attached hydrogens (tertiary/aromatic N) is 5. The van der Waals surface area contributed by atoms with Crippen molar-refractivity contribution in [3.8, 4) is 17.1 Å². The van der Waals surface area contributed by atoms with Crippen molar-refractivity contribution >= 4 is 23.9 Å². The predicted octanol–water partition coefficient (Wildman–Crippen LogP) is 4.02. The van der Waals surface area contributed by atoms with Crippen molar-refractivity contribution in [1.82, 2.24) is 25.2 Å². The fraction of sp³-hybridized carbons (Fsp3) is 0.0870. The van der Waals surface area contributed by atoms with Crippen molar-refractivity contribution in [2.75, 3.05) is 5.75 Å². The Morgan fingerprint density at radius 2 is 1.78 bits per heavy atom. The van der Waals surface area contributed by atoms with Crippen LogP contribution in [0.3, 0.4) is 0 Å². The van der Waals surface area contributed by atoms with Gasteiger partial charge in [0.2, 0.25) is 0 Å². The molecule has 0 spiro atoms. The molecule has 4 aromatic rings. The number of amides is 1. The van der Waals surface area contributed by atoms with E-state index in [1.807, 2.05) is 47.9 Å². The molecule has 0 saturated heterocycles. The molecule has 2 aromatic heterocycles. The molecule has 0 bridgehead atoms. The lowest BCUT2D eigenvalue weighted by Gasteiger charge is -2.10. The first-order valence-corrected chi connectivity index (χ1v) is 10.7. The van der Waals surface area contributed by atoms with E-state index in [2.05, 4.69) is 25.7 Å². The Bertz CT molecular complexity index is 1220. The van der Waals surface area contributed by atoms with Gasteiger partial charge in [0.25, 0.3) is 5.91 Å². The summed E-state index contributed by atoms with van der Waals surface area (Å²) < 4.78 is 14.9. The molecule has 0 aliphatic rings. The van der Waals surface area contributed by atoms with Gasteiger partial charge in [0, 0.05) is 23.6 Å². The van der Waals surface area contributed by atoms with Crippen LogP contribution < -0.4 is 5.43 Å². The van der Waals surface area contributed by atoms with E-state index in [1.54, 1.807) is 24.5 Å². The molecule has 0 aliphatic carbocycles. The molecule has 1 N–H and O–H groups in total. The number of thioether (sulfide) groups is 1. The van der Waals surface area contributed by atoms with Crippen LogP contribution >= 0.6 is 11.8 Å². The van der Waals surface area contributed by atoms with Gasteiger partial charge < -0.3 is 0 Å². The zero-order chi connectivity index (χ0) is 22.3. The summed E-state index contributed by atoms with van der Waals surface area (Å²) in [6.07, 6.45) is 4.85. The van der Waals surface area contributed by atoms with E-state index >= 15 is 0 Å². The van der Waals surface area contributed by atoms with Gasteiger partial charge in [-0.1, -0.05) is 41.6 Å². The molecule has 0 aliphatic heterocycles. The maximum Gasteiger partial charge on any atom is 0.250 e. The first-order valence-electron chi connectivity index (χ1n) is 9.73. The Kier molecular flexibility index (Phi) is 6.66. The molecule has 4 rings (SSSR count). The molecule has 2 heterocycles. The van der Waals surface area contributed by atoms with Gasteiger partial charge in [-0.15, -0.1) is 10.2 Å². The monoisotopic (exact) mass is 446 g/mol. The van der Waals surface area contributed by atoms with E-state index in [0.717, 1.165) is 16.8 Å². The van der Waals surface area contributed by atoms with E-state index < -0.39 is 0 Å². The summed E-state index contributed by atoms with van der Waals surface area (Å²) in [7, 11) is 0. The average molecular weight is 447 g/mol. The van der Waals surface area contributed by atoms with Crippen LogP contribution in [0.1, 0.15) is 11.1 Å². The highest BCUT2D eigenvalue weighted by Gasteiger charge is 2.17. The van der Waals surface area contributed by atoms with Crippen molar-refractivity contribution in [3.05, 3.63) is 90.0 Å². The maximum atomic E-state index is 13.0. The van der Waals surface area contributed by atoms with Gasteiger partial charge in [-0.3, -0.25) is 14.3 Å². The Balaban J connectivity index is 1.49. The van der Waals surface area contributed by atoms with E-state index in [4.69, 9.17) is 0 Å². The molecular weight excluding hydrogens is 427 g/mol. The molecule has 0 radical (unpaired) electrons. The van der Waals surface area contributed by atoms with Gasteiger partial charge in [-0.2, -0.15) is 5.10 Å². The number of halogens is 1. The third-order valence-corrected chi connectivity index (χ3v) is 5.40. The number of aromatic nitrogens is 4. The van der Waals surface area contributed by atoms with Crippen LogP contribution in [-0.2, 0) is 4.79 Å². The highest BCUT2D eigenvalue weighted by atomic mass is 32.2. The minimum absolute atomic E-state index is 0.0983. The van der Waals surface area contributed by atoms with Crippen molar-refractivity contribution < 1.29 is 9.18 Å².